The molecule has 0 saturated carbocycles. The van der Waals surface area contributed by atoms with Crippen LogP contribution in [0.3, 0.4) is 0 Å². The number of carbonyl (C=O) groups is 2. The van der Waals surface area contributed by atoms with E-state index in [4.69, 9.17) is 14.2 Å². The zero-order chi connectivity index (χ0) is 17.0. The van der Waals surface area contributed by atoms with Gasteiger partial charge in [0.15, 0.2) is 0 Å². The highest BCUT2D eigenvalue weighted by atomic mass is 16.5. The van der Waals surface area contributed by atoms with E-state index < -0.39 is 11.9 Å². The summed E-state index contributed by atoms with van der Waals surface area (Å²) < 4.78 is 16.0. The molecule has 0 fully saturated rings. The van der Waals surface area contributed by atoms with Crippen molar-refractivity contribution in [3.8, 4) is 23.0 Å². The van der Waals surface area contributed by atoms with Gasteiger partial charge in [-0.15, -0.1) is 0 Å². The number of benzene rings is 2. The highest BCUT2D eigenvalue weighted by Gasteiger charge is 2.09. The third-order valence-corrected chi connectivity index (χ3v) is 3.06. The van der Waals surface area contributed by atoms with E-state index in [9.17, 15) is 9.59 Å². The molecule has 2 aromatic rings. The predicted octanol–water partition coefficient (Wildman–Crippen LogP) is 3.95. The number of hydrogen-bond donors (Lipinski definition) is 0. The lowest BCUT2D eigenvalue weighted by molar-refractivity contribution is -0.132. The zero-order valence-electron chi connectivity index (χ0n) is 13.5. The van der Waals surface area contributed by atoms with Crippen molar-refractivity contribution in [1.29, 1.82) is 0 Å². The van der Waals surface area contributed by atoms with E-state index in [-0.39, 0.29) is 0 Å². The number of rotatable bonds is 4. The molecule has 0 amide bonds. The molecule has 0 N–H and O–H groups in total. The van der Waals surface area contributed by atoms with Crippen LogP contribution in [0.15, 0.2) is 36.4 Å². The molecule has 0 aliphatic rings. The van der Waals surface area contributed by atoms with Gasteiger partial charge in [0.25, 0.3) is 0 Å². The summed E-state index contributed by atoms with van der Waals surface area (Å²) in [5.74, 6) is 1.15. The lowest BCUT2D eigenvalue weighted by Gasteiger charge is -2.11. The van der Waals surface area contributed by atoms with E-state index in [1.165, 1.54) is 13.8 Å². The van der Waals surface area contributed by atoms with Crippen molar-refractivity contribution in [2.75, 3.05) is 0 Å². The van der Waals surface area contributed by atoms with Gasteiger partial charge in [0.05, 0.1) is 0 Å². The van der Waals surface area contributed by atoms with Crippen LogP contribution in [0, 0.1) is 13.8 Å². The van der Waals surface area contributed by atoms with Gasteiger partial charge in [0.2, 0.25) is 0 Å². The number of aryl methyl sites for hydroxylation is 2. The second-order valence-corrected chi connectivity index (χ2v) is 5.14. The molecule has 23 heavy (non-hydrogen) atoms. The molecule has 2 rings (SSSR count). The molecule has 0 spiro atoms. The Labute approximate surface area is 134 Å². The van der Waals surface area contributed by atoms with E-state index >= 15 is 0 Å². The Bertz CT molecular complexity index is 686. The Morgan fingerprint density at radius 1 is 0.739 bits per heavy atom. The van der Waals surface area contributed by atoms with Crippen LogP contribution >= 0.6 is 0 Å². The predicted molar refractivity (Wildman–Crippen MR) is 85.1 cm³/mol. The van der Waals surface area contributed by atoms with Gasteiger partial charge in [-0.3, -0.25) is 9.59 Å². The molecule has 120 valence electrons. The largest absolute Gasteiger partial charge is 0.457 e. The maximum absolute atomic E-state index is 11.1. The molecule has 0 bridgehead atoms. The summed E-state index contributed by atoms with van der Waals surface area (Å²) in [5, 5.41) is 0. The van der Waals surface area contributed by atoms with Gasteiger partial charge in [0, 0.05) is 26.0 Å². The molecule has 0 aromatic heterocycles. The van der Waals surface area contributed by atoms with Crippen molar-refractivity contribution in [2.45, 2.75) is 27.7 Å². The van der Waals surface area contributed by atoms with Crippen LogP contribution in [0.1, 0.15) is 25.0 Å². The first-order chi connectivity index (χ1) is 10.8. The first-order valence-electron chi connectivity index (χ1n) is 7.11. The minimum atomic E-state index is -0.391. The van der Waals surface area contributed by atoms with Crippen molar-refractivity contribution in [1.82, 2.24) is 0 Å². The van der Waals surface area contributed by atoms with Crippen molar-refractivity contribution in [2.24, 2.45) is 0 Å². The standard InChI is InChI=1S/C18H18O5/c1-11-5-7-15(9-17(11)21-13(3)19)23-16-8-6-12(2)18(10-16)22-14(4)20/h5-10H,1-4H3. The fourth-order valence-electron chi connectivity index (χ4n) is 1.95. The van der Waals surface area contributed by atoms with E-state index in [1.54, 1.807) is 36.4 Å². The lowest BCUT2D eigenvalue weighted by Crippen LogP contribution is -2.03. The minimum Gasteiger partial charge on any atom is -0.457 e. The van der Waals surface area contributed by atoms with Gasteiger partial charge in [-0.2, -0.15) is 0 Å². The van der Waals surface area contributed by atoms with Crippen LogP contribution in [0.25, 0.3) is 0 Å². The second-order valence-electron chi connectivity index (χ2n) is 5.14. The van der Waals surface area contributed by atoms with E-state index in [0.29, 0.717) is 23.0 Å². The zero-order valence-corrected chi connectivity index (χ0v) is 13.5. The summed E-state index contributed by atoms with van der Waals surface area (Å²) in [4.78, 5) is 22.2. The first-order valence-corrected chi connectivity index (χ1v) is 7.11. The average molecular weight is 314 g/mol. The van der Waals surface area contributed by atoms with E-state index in [1.807, 2.05) is 13.8 Å². The molecule has 0 aliphatic carbocycles. The van der Waals surface area contributed by atoms with Crippen molar-refractivity contribution in [3.05, 3.63) is 47.5 Å². The Morgan fingerprint density at radius 3 is 1.48 bits per heavy atom. The topological polar surface area (TPSA) is 61.8 Å². The Morgan fingerprint density at radius 2 is 1.13 bits per heavy atom. The second kappa shape index (κ2) is 6.96. The molecule has 0 atom stereocenters. The molecule has 5 nitrogen and oxygen atoms in total. The third-order valence-electron chi connectivity index (χ3n) is 3.06. The average Bonchev–Trinajstić information content (AvgIpc) is 2.45. The van der Waals surface area contributed by atoms with Crippen LogP contribution in [0.2, 0.25) is 0 Å². The molecule has 5 heteroatoms. The first kappa shape index (κ1) is 16.5. The maximum Gasteiger partial charge on any atom is 0.308 e. The summed E-state index contributed by atoms with van der Waals surface area (Å²) in [6.07, 6.45) is 0. The van der Waals surface area contributed by atoms with Crippen LogP contribution in [-0.2, 0) is 9.59 Å². The van der Waals surface area contributed by atoms with E-state index in [0.717, 1.165) is 11.1 Å². The molecule has 0 saturated heterocycles. The van der Waals surface area contributed by atoms with Gasteiger partial charge in [-0.05, 0) is 37.1 Å². The van der Waals surface area contributed by atoms with Gasteiger partial charge < -0.3 is 14.2 Å². The number of ether oxygens (including phenoxy) is 3. The number of hydrogen-bond acceptors (Lipinski definition) is 5. The fourth-order valence-corrected chi connectivity index (χ4v) is 1.95. The third kappa shape index (κ3) is 4.57. The Hall–Kier alpha value is -2.82. The molecular weight excluding hydrogens is 296 g/mol. The van der Waals surface area contributed by atoms with Crippen LogP contribution in [-0.4, -0.2) is 11.9 Å². The van der Waals surface area contributed by atoms with Crippen LogP contribution in [0.4, 0.5) is 0 Å². The molecular formula is C18H18O5. The molecule has 0 unspecified atom stereocenters. The van der Waals surface area contributed by atoms with Crippen LogP contribution in [0.5, 0.6) is 23.0 Å². The van der Waals surface area contributed by atoms with Crippen molar-refractivity contribution in [3.63, 3.8) is 0 Å². The molecule has 0 radical (unpaired) electrons. The summed E-state index contributed by atoms with van der Waals surface area (Å²) in [5.41, 5.74) is 1.66. The summed E-state index contributed by atoms with van der Waals surface area (Å²) in [6.45, 7) is 6.37. The summed E-state index contributed by atoms with van der Waals surface area (Å²) in [6, 6.07) is 10.4. The normalized spacial score (nSPS) is 10.1. The van der Waals surface area contributed by atoms with Crippen LogP contribution < -0.4 is 14.2 Å². The number of carbonyl (C=O) groups excluding carboxylic acids is 2. The highest BCUT2D eigenvalue weighted by Crippen LogP contribution is 2.31. The summed E-state index contributed by atoms with van der Waals surface area (Å²) in [7, 11) is 0. The van der Waals surface area contributed by atoms with Crippen molar-refractivity contribution >= 4 is 11.9 Å². The Kier molecular flexibility index (Phi) is 5.01. The highest BCUT2D eigenvalue weighted by molar-refractivity contribution is 5.70. The Balaban J connectivity index is 2.25. The molecule has 2 aromatic carbocycles. The van der Waals surface area contributed by atoms with Gasteiger partial charge >= 0.3 is 11.9 Å². The van der Waals surface area contributed by atoms with Gasteiger partial charge in [0.1, 0.15) is 23.0 Å². The lowest BCUT2D eigenvalue weighted by atomic mass is 10.2. The quantitative estimate of drug-likeness (QED) is 0.631. The molecule has 0 heterocycles. The van der Waals surface area contributed by atoms with E-state index in [2.05, 4.69) is 0 Å². The van der Waals surface area contributed by atoms with Crippen molar-refractivity contribution < 1.29 is 23.8 Å². The minimum absolute atomic E-state index is 0.391. The fraction of sp³-hybridized carbons (Fsp3) is 0.222. The smallest absolute Gasteiger partial charge is 0.308 e. The SMILES string of the molecule is CC(=O)Oc1cc(Oc2ccc(C)c(OC(C)=O)c2)ccc1C. The monoisotopic (exact) mass is 314 g/mol. The number of esters is 2. The van der Waals surface area contributed by atoms with Gasteiger partial charge in [-0.25, -0.2) is 0 Å². The summed E-state index contributed by atoms with van der Waals surface area (Å²) >= 11 is 0. The molecule has 0 aliphatic heterocycles. The maximum atomic E-state index is 11.1. The van der Waals surface area contributed by atoms with Gasteiger partial charge in [-0.1, -0.05) is 12.1 Å².